The predicted molar refractivity (Wildman–Crippen MR) is 76.6 cm³/mol. The molecule has 2 aromatic rings. The number of hydrazone groups is 1. The van der Waals surface area contributed by atoms with Gasteiger partial charge in [-0.3, -0.25) is 4.79 Å². The molecule has 19 heavy (non-hydrogen) atoms. The molecule has 4 nitrogen and oxygen atoms in total. The number of hydrogen-bond donors (Lipinski definition) is 1. The van der Waals surface area contributed by atoms with Gasteiger partial charge in [0.25, 0.3) is 5.91 Å². The van der Waals surface area contributed by atoms with Gasteiger partial charge in [0.2, 0.25) is 0 Å². The highest BCUT2D eigenvalue weighted by molar-refractivity contribution is 7.11. The number of hydrogen-bond acceptors (Lipinski definition) is 4. The third-order valence-corrected chi connectivity index (χ3v) is 3.14. The van der Waals surface area contributed by atoms with Crippen LogP contribution in [-0.2, 0) is 4.79 Å². The maximum Gasteiger partial charge on any atom is 0.280 e. The highest BCUT2D eigenvalue weighted by Crippen LogP contribution is 2.10. The van der Waals surface area contributed by atoms with Crippen molar-refractivity contribution in [2.24, 2.45) is 5.10 Å². The maximum atomic E-state index is 11.7. The molecular formula is C14H14N2O2S. The number of para-hydroxylation sites is 1. The van der Waals surface area contributed by atoms with E-state index in [0.29, 0.717) is 5.75 Å². The quantitative estimate of drug-likeness (QED) is 0.673. The van der Waals surface area contributed by atoms with E-state index in [1.54, 1.807) is 36.6 Å². The Bertz CT molecular complexity index is 538. The van der Waals surface area contributed by atoms with Crippen LogP contribution in [0.2, 0.25) is 0 Å². The standard InChI is InChI=1S/C14H14N2O2S/c1-11(18-12-6-3-2-4-7-12)14(17)16-15-10-13-8-5-9-19-13/h2-11H,1H3,(H,16,17)/b15-10-/t11-/m0/s1. The first kappa shape index (κ1) is 13.3. The Labute approximate surface area is 115 Å². The van der Waals surface area contributed by atoms with E-state index in [9.17, 15) is 4.79 Å². The van der Waals surface area contributed by atoms with Crippen LogP contribution in [0.25, 0.3) is 0 Å². The summed E-state index contributed by atoms with van der Waals surface area (Å²) in [5.41, 5.74) is 2.45. The van der Waals surface area contributed by atoms with Crippen LogP contribution in [0.15, 0.2) is 52.9 Å². The molecule has 1 atom stereocenters. The highest BCUT2D eigenvalue weighted by atomic mass is 32.1. The van der Waals surface area contributed by atoms with E-state index in [-0.39, 0.29) is 5.91 Å². The summed E-state index contributed by atoms with van der Waals surface area (Å²) in [7, 11) is 0. The first-order chi connectivity index (χ1) is 9.25. The Morgan fingerprint density at radius 2 is 2.11 bits per heavy atom. The second kappa shape index (κ2) is 6.70. The van der Waals surface area contributed by atoms with E-state index in [1.165, 1.54) is 0 Å². The van der Waals surface area contributed by atoms with Crippen molar-refractivity contribution in [2.45, 2.75) is 13.0 Å². The summed E-state index contributed by atoms with van der Waals surface area (Å²) in [6.45, 7) is 1.68. The SMILES string of the molecule is C[C@H](Oc1ccccc1)C(=O)N/N=C\c1cccs1. The molecule has 1 N–H and O–H groups in total. The number of carbonyl (C=O) groups excluding carboxylic acids is 1. The summed E-state index contributed by atoms with van der Waals surface area (Å²) in [6, 6.07) is 13.1. The Morgan fingerprint density at radius 3 is 2.79 bits per heavy atom. The molecule has 0 aliphatic heterocycles. The maximum absolute atomic E-state index is 11.7. The van der Waals surface area contributed by atoms with Gasteiger partial charge in [0, 0.05) is 4.88 Å². The Morgan fingerprint density at radius 1 is 1.32 bits per heavy atom. The summed E-state index contributed by atoms with van der Waals surface area (Å²) >= 11 is 1.55. The Balaban J connectivity index is 1.83. The number of nitrogens with one attached hydrogen (secondary N) is 1. The minimum Gasteiger partial charge on any atom is -0.481 e. The largest absolute Gasteiger partial charge is 0.481 e. The number of amides is 1. The van der Waals surface area contributed by atoms with Gasteiger partial charge >= 0.3 is 0 Å². The van der Waals surface area contributed by atoms with E-state index in [2.05, 4.69) is 10.5 Å². The average molecular weight is 274 g/mol. The Hall–Kier alpha value is -2.14. The summed E-state index contributed by atoms with van der Waals surface area (Å²) in [4.78, 5) is 12.7. The minimum absolute atomic E-state index is 0.281. The zero-order valence-corrected chi connectivity index (χ0v) is 11.3. The van der Waals surface area contributed by atoms with Crippen LogP contribution in [0.1, 0.15) is 11.8 Å². The van der Waals surface area contributed by atoms with Gasteiger partial charge in [-0.05, 0) is 30.5 Å². The van der Waals surface area contributed by atoms with Gasteiger partial charge in [0.05, 0.1) is 6.21 Å². The van der Waals surface area contributed by atoms with E-state index >= 15 is 0 Å². The number of ether oxygens (including phenoxy) is 1. The molecule has 0 radical (unpaired) electrons. The summed E-state index contributed by atoms with van der Waals surface area (Å²) in [5, 5.41) is 5.83. The van der Waals surface area contributed by atoms with Gasteiger partial charge in [0.1, 0.15) is 5.75 Å². The van der Waals surface area contributed by atoms with Gasteiger partial charge in [0.15, 0.2) is 6.10 Å². The lowest BCUT2D eigenvalue weighted by atomic mass is 10.3. The first-order valence-electron chi connectivity index (χ1n) is 5.84. The lowest BCUT2D eigenvalue weighted by Crippen LogP contribution is -2.33. The second-order valence-electron chi connectivity index (χ2n) is 3.82. The summed E-state index contributed by atoms with van der Waals surface area (Å²) in [6.07, 6.45) is 1.01. The highest BCUT2D eigenvalue weighted by Gasteiger charge is 2.13. The smallest absolute Gasteiger partial charge is 0.280 e. The fourth-order valence-electron chi connectivity index (χ4n) is 1.37. The molecule has 0 spiro atoms. The molecule has 1 aromatic heterocycles. The molecular weight excluding hydrogens is 260 g/mol. The third-order valence-electron chi connectivity index (χ3n) is 2.34. The number of thiophene rings is 1. The molecule has 0 saturated heterocycles. The van der Waals surface area contributed by atoms with Crippen molar-refractivity contribution < 1.29 is 9.53 Å². The van der Waals surface area contributed by atoms with Crippen LogP contribution in [0.4, 0.5) is 0 Å². The predicted octanol–water partition coefficient (Wildman–Crippen LogP) is 2.67. The van der Waals surface area contributed by atoms with Crippen molar-refractivity contribution in [2.75, 3.05) is 0 Å². The number of benzene rings is 1. The lowest BCUT2D eigenvalue weighted by molar-refractivity contribution is -0.127. The minimum atomic E-state index is -0.595. The van der Waals surface area contributed by atoms with Crippen molar-refractivity contribution in [3.8, 4) is 5.75 Å². The molecule has 0 fully saturated rings. The number of rotatable bonds is 5. The molecule has 2 rings (SSSR count). The zero-order chi connectivity index (χ0) is 13.5. The van der Waals surface area contributed by atoms with Crippen LogP contribution in [-0.4, -0.2) is 18.2 Å². The van der Waals surface area contributed by atoms with Crippen molar-refractivity contribution in [1.82, 2.24) is 5.43 Å². The molecule has 0 aliphatic carbocycles. The van der Waals surface area contributed by atoms with Gasteiger partial charge in [-0.25, -0.2) is 5.43 Å². The van der Waals surface area contributed by atoms with Crippen LogP contribution in [0.5, 0.6) is 5.75 Å². The molecule has 0 saturated carbocycles. The van der Waals surface area contributed by atoms with Crippen molar-refractivity contribution >= 4 is 23.5 Å². The average Bonchev–Trinajstić information content (AvgIpc) is 2.93. The Kier molecular flexibility index (Phi) is 4.69. The van der Waals surface area contributed by atoms with E-state index in [1.807, 2.05) is 35.7 Å². The van der Waals surface area contributed by atoms with Crippen LogP contribution < -0.4 is 10.2 Å². The van der Waals surface area contributed by atoms with Crippen LogP contribution >= 0.6 is 11.3 Å². The van der Waals surface area contributed by atoms with Gasteiger partial charge in [-0.1, -0.05) is 24.3 Å². The summed E-state index contributed by atoms with van der Waals surface area (Å²) < 4.78 is 5.48. The molecule has 1 heterocycles. The molecule has 0 bridgehead atoms. The van der Waals surface area contributed by atoms with Crippen molar-refractivity contribution in [3.05, 3.63) is 52.7 Å². The lowest BCUT2D eigenvalue weighted by Gasteiger charge is -2.12. The first-order valence-corrected chi connectivity index (χ1v) is 6.72. The fourth-order valence-corrected chi connectivity index (χ4v) is 1.96. The molecule has 0 aliphatic rings. The zero-order valence-electron chi connectivity index (χ0n) is 10.4. The summed E-state index contributed by atoms with van der Waals surface area (Å²) in [5.74, 6) is 0.379. The van der Waals surface area contributed by atoms with Crippen LogP contribution in [0, 0.1) is 0 Å². The molecule has 5 heteroatoms. The van der Waals surface area contributed by atoms with Crippen molar-refractivity contribution in [1.29, 1.82) is 0 Å². The molecule has 0 unspecified atom stereocenters. The van der Waals surface area contributed by atoms with Crippen molar-refractivity contribution in [3.63, 3.8) is 0 Å². The monoisotopic (exact) mass is 274 g/mol. The van der Waals surface area contributed by atoms with Gasteiger partial charge in [-0.15, -0.1) is 11.3 Å². The van der Waals surface area contributed by atoms with Gasteiger partial charge in [-0.2, -0.15) is 5.10 Å². The topological polar surface area (TPSA) is 50.7 Å². The van der Waals surface area contributed by atoms with E-state index < -0.39 is 6.10 Å². The molecule has 1 aromatic carbocycles. The van der Waals surface area contributed by atoms with Gasteiger partial charge < -0.3 is 4.74 Å². The number of carbonyl (C=O) groups is 1. The number of nitrogens with zero attached hydrogens (tertiary/aromatic N) is 1. The second-order valence-corrected chi connectivity index (χ2v) is 4.80. The van der Waals surface area contributed by atoms with E-state index in [4.69, 9.17) is 4.74 Å². The van der Waals surface area contributed by atoms with Crippen LogP contribution in [0.3, 0.4) is 0 Å². The third kappa shape index (κ3) is 4.22. The molecule has 98 valence electrons. The normalized spacial score (nSPS) is 12.3. The van der Waals surface area contributed by atoms with E-state index in [0.717, 1.165) is 4.88 Å². The molecule has 1 amide bonds. The fraction of sp³-hybridized carbons (Fsp3) is 0.143.